The minimum atomic E-state index is -0.992. The van der Waals surface area contributed by atoms with E-state index < -0.39 is 11.9 Å². The number of rotatable bonds is 17. The number of unbranched alkanes of at least 4 members (excludes halogenated alkanes) is 2. The first-order chi connectivity index (χ1) is 22.4. The van der Waals surface area contributed by atoms with Gasteiger partial charge in [-0.25, -0.2) is 4.79 Å². The fraction of sp³-hybridized carbons (Fsp3) is 0.200. The molecular weight excluding hydrogens is 604 g/mol. The van der Waals surface area contributed by atoms with Crippen molar-refractivity contribution >= 4 is 39.8 Å². The van der Waals surface area contributed by atoms with Crippen LogP contribution in [0.4, 0.5) is 16.5 Å². The number of carbonyl (C=O) groups is 2. The van der Waals surface area contributed by atoms with E-state index in [0.29, 0.717) is 34.7 Å². The van der Waals surface area contributed by atoms with Gasteiger partial charge in [0.2, 0.25) is 5.13 Å². The second kappa shape index (κ2) is 16.1. The monoisotopic (exact) mass is 638 g/mol. The van der Waals surface area contributed by atoms with Gasteiger partial charge in [0.1, 0.15) is 29.7 Å². The first-order valence-electron chi connectivity index (χ1n) is 14.8. The van der Waals surface area contributed by atoms with E-state index in [0.717, 1.165) is 47.5 Å². The first-order valence-corrected chi connectivity index (χ1v) is 15.7. The van der Waals surface area contributed by atoms with Gasteiger partial charge in [-0.2, -0.15) is 0 Å². The smallest absolute Gasteiger partial charge is 0.335 e. The Bertz CT molecular complexity index is 1760. The SMILES string of the molecule is O=C(O)CCCCCNc1cccc(Nc2nnc(-c3cc(OCc4ccccc4)cc(OCc4cccc(C(=O)O)c4)c3)s2)c1. The Labute approximate surface area is 270 Å². The summed E-state index contributed by atoms with van der Waals surface area (Å²) in [7, 11) is 0. The van der Waals surface area contributed by atoms with Gasteiger partial charge in [0, 0.05) is 36.0 Å². The van der Waals surface area contributed by atoms with Crippen LogP contribution < -0.4 is 20.1 Å². The molecule has 10 nitrogen and oxygen atoms in total. The Morgan fingerprint density at radius 1 is 0.717 bits per heavy atom. The van der Waals surface area contributed by atoms with Gasteiger partial charge in [-0.05, 0) is 66.4 Å². The normalized spacial score (nSPS) is 10.7. The molecule has 5 rings (SSSR count). The fourth-order valence-corrected chi connectivity index (χ4v) is 5.35. The molecule has 1 heterocycles. The molecular formula is C35H34N4O6S. The molecule has 1 aromatic heterocycles. The largest absolute Gasteiger partial charge is 0.489 e. The van der Waals surface area contributed by atoms with Crippen LogP contribution in [0.1, 0.15) is 47.2 Å². The molecule has 0 fully saturated rings. The Hall–Kier alpha value is -5.42. The molecule has 4 aromatic carbocycles. The Balaban J connectivity index is 1.27. The molecule has 4 N–H and O–H groups in total. The third-order valence-corrected chi connectivity index (χ3v) is 7.78. The topological polar surface area (TPSA) is 143 Å². The van der Waals surface area contributed by atoms with Crippen LogP contribution >= 0.6 is 11.3 Å². The molecule has 46 heavy (non-hydrogen) atoms. The van der Waals surface area contributed by atoms with Crippen molar-refractivity contribution in [2.75, 3.05) is 17.2 Å². The van der Waals surface area contributed by atoms with Crippen molar-refractivity contribution in [1.29, 1.82) is 0 Å². The maximum Gasteiger partial charge on any atom is 0.335 e. The van der Waals surface area contributed by atoms with Crippen LogP contribution in [0.5, 0.6) is 11.5 Å². The lowest BCUT2D eigenvalue weighted by molar-refractivity contribution is -0.137. The number of carboxylic acids is 2. The van der Waals surface area contributed by atoms with E-state index in [2.05, 4.69) is 20.8 Å². The van der Waals surface area contributed by atoms with Crippen molar-refractivity contribution in [3.05, 3.63) is 114 Å². The third-order valence-electron chi connectivity index (χ3n) is 6.89. The first kappa shape index (κ1) is 32.0. The molecule has 0 atom stereocenters. The summed E-state index contributed by atoms with van der Waals surface area (Å²) in [6.07, 6.45) is 2.62. The number of carboxylic acid groups (broad SMARTS) is 2. The molecule has 0 spiro atoms. The molecule has 11 heteroatoms. The summed E-state index contributed by atoms with van der Waals surface area (Å²) in [4.78, 5) is 22.1. The minimum absolute atomic E-state index is 0.179. The van der Waals surface area contributed by atoms with E-state index in [4.69, 9.17) is 14.6 Å². The van der Waals surface area contributed by atoms with Gasteiger partial charge in [0.15, 0.2) is 0 Å². The predicted molar refractivity (Wildman–Crippen MR) is 178 cm³/mol. The molecule has 5 aromatic rings. The van der Waals surface area contributed by atoms with Crippen molar-refractivity contribution in [2.24, 2.45) is 0 Å². The highest BCUT2D eigenvalue weighted by atomic mass is 32.1. The van der Waals surface area contributed by atoms with Crippen LogP contribution in [0, 0.1) is 0 Å². The van der Waals surface area contributed by atoms with Crippen molar-refractivity contribution < 1.29 is 29.3 Å². The van der Waals surface area contributed by atoms with Crippen LogP contribution in [-0.4, -0.2) is 38.9 Å². The quantitative estimate of drug-likeness (QED) is 0.0743. The van der Waals surface area contributed by atoms with E-state index in [1.807, 2.05) is 72.8 Å². The summed E-state index contributed by atoms with van der Waals surface area (Å²) in [5.74, 6) is -0.603. The van der Waals surface area contributed by atoms with E-state index in [-0.39, 0.29) is 18.6 Å². The molecule has 0 aliphatic rings. The van der Waals surface area contributed by atoms with E-state index in [1.54, 1.807) is 24.3 Å². The molecule has 0 aliphatic heterocycles. The van der Waals surface area contributed by atoms with Crippen molar-refractivity contribution in [2.45, 2.75) is 38.9 Å². The summed E-state index contributed by atoms with van der Waals surface area (Å²) < 4.78 is 12.2. The Kier molecular flexibility index (Phi) is 11.2. The molecule has 0 unspecified atom stereocenters. The highest BCUT2D eigenvalue weighted by molar-refractivity contribution is 7.18. The number of nitrogens with zero attached hydrogens (tertiary/aromatic N) is 2. The maximum atomic E-state index is 11.4. The van der Waals surface area contributed by atoms with Gasteiger partial charge in [0.05, 0.1) is 5.56 Å². The van der Waals surface area contributed by atoms with Gasteiger partial charge < -0.3 is 30.3 Å². The summed E-state index contributed by atoms with van der Waals surface area (Å²) >= 11 is 1.39. The molecule has 236 valence electrons. The van der Waals surface area contributed by atoms with Crippen LogP contribution in [0.2, 0.25) is 0 Å². The van der Waals surface area contributed by atoms with E-state index in [9.17, 15) is 14.7 Å². The summed E-state index contributed by atoms with van der Waals surface area (Å²) in [5.41, 5.74) is 4.53. The average molecular weight is 639 g/mol. The van der Waals surface area contributed by atoms with Crippen molar-refractivity contribution in [1.82, 2.24) is 10.2 Å². The number of benzene rings is 4. The average Bonchev–Trinajstić information content (AvgIpc) is 3.53. The second-order valence-corrected chi connectivity index (χ2v) is 11.5. The number of aromatic nitrogens is 2. The number of hydrogen-bond donors (Lipinski definition) is 4. The van der Waals surface area contributed by atoms with Crippen molar-refractivity contribution in [3.8, 4) is 22.1 Å². The van der Waals surface area contributed by atoms with Gasteiger partial charge in [-0.1, -0.05) is 66.3 Å². The number of anilines is 3. The summed E-state index contributed by atoms with van der Waals surface area (Å²) in [6.45, 7) is 1.31. The number of hydrogen-bond acceptors (Lipinski definition) is 9. The zero-order chi connectivity index (χ0) is 32.1. The predicted octanol–water partition coefficient (Wildman–Crippen LogP) is 7.86. The molecule has 0 aliphatic carbocycles. The zero-order valence-corrected chi connectivity index (χ0v) is 25.8. The Morgan fingerprint density at radius 2 is 1.43 bits per heavy atom. The Morgan fingerprint density at radius 3 is 2.20 bits per heavy atom. The standard InChI is InChI=1S/C35H34N4O6S/c40-32(41)15-5-2-6-16-36-28-13-8-14-29(20-28)37-35-39-38-33(46-35)27-18-30(44-22-24-9-3-1-4-10-24)21-31(19-27)45-23-25-11-7-12-26(17-25)34(42)43/h1,3-4,7-14,17-21,36H,2,5-6,15-16,22-23H2,(H,37,39)(H,40,41)(H,42,43). The third kappa shape index (κ3) is 9.80. The van der Waals surface area contributed by atoms with Crippen LogP contribution in [0.3, 0.4) is 0 Å². The van der Waals surface area contributed by atoms with E-state index >= 15 is 0 Å². The number of aliphatic carboxylic acids is 1. The van der Waals surface area contributed by atoms with Gasteiger partial charge in [0.25, 0.3) is 0 Å². The number of aromatic carboxylic acids is 1. The van der Waals surface area contributed by atoms with Gasteiger partial charge in [-0.3, -0.25) is 4.79 Å². The van der Waals surface area contributed by atoms with Crippen LogP contribution in [0.25, 0.3) is 10.6 Å². The number of nitrogens with one attached hydrogen (secondary N) is 2. The molecule has 0 amide bonds. The van der Waals surface area contributed by atoms with Gasteiger partial charge in [-0.15, -0.1) is 10.2 Å². The molecule has 0 saturated carbocycles. The lowest BCUT2D eigenvalue weighted by atomic mass is 10.1. The van der Waals surface area contributed by atoms with Crippen molar-refractivity contribution in [3.63, 3.8) is 0 Å². The molecule has 0 bridgehead atoms. The lowest BCUT2D eigenvalue weighted by Crippen LogP contribution is -2.02. The summed E-state index contributed by atoms with van der Waals surface area (Å²) in [6, 6.07) is 29.9. The minimum Gasteiger partial charge on any atom is -0.489 e. The lowest BCUT2D eigenvalue weighted by Gasteiger charge is -2.12. The summed E-state index contributed by atoms with van der Waals surface area (Å²) in [5, 5.41) is 34.9. The van der Waals surface area contributed by atoms with Gasteiger partial charge >= 0.3 is 11.9 Å². The zero-order valence-electron chi connectivity index (χ0n) is 25.0. The molecule has 0 saturated heterocycles. The number of ether oxygens (including phenoxy) is 2. The molecule has 0 radical (unpaired) electrons. The van der Waals surface area contributed by atoms with E-state index in [1.165, 1.54) is 11.3 Å². The second-order valence-electron chi connectivity index (χ2n) is 10.5. The van der Waals surface area contributed by atoms with Crippen LogP contribution in [0.15, 0.2) is 97.1 Å². The highest BCUT2D eigenvalue weighted by Gasteiger charge is 2.13. The van der Waals surface area contributed by atoms with Crippen LogP contribution in [-0.2, 0) is 18.0 Å². The highest BCUT2D eigenvalue weighted by Crippen LogP contribution is 2.34. The fourth-order valence-electron chi connectivity index (χ4n) is 4.60. The maximum absolute atomic E-state index is 11.4.